The predicted molar refractivity (Wildman–Crippen MR) is 123 cm³/mol. The minimum atomic E-state index is -0.748. The van der Waals surface area contributed by atoms with E-state index in [1.54, 1.807) is 17.9 Å². The second kappa shape index (κ2) is 7.75. The van der Waals surface area contributed by atoms with Crippen LogP contribution in [0, 0.1) is 13.8 Å². The lowest BCUT2D eigenvalue weighted by Crippen LogP contribution is -2.78. The maximum atomic E-state index is 13.9. The van der Waals surface area contributed by atoms with Crippen LogP contribution in [0.25, 0.3) is 0 Å². The van der Waals surface area contributed by atoms with Gasteiger partial charge in [0.15, 0.2) is 0 Å². The van der Waals surface area contributed by atoms with Crippen LogP contribution in [0.1, 0.15) is 70.4 Å². The summed E-state index contributed by atoms with van der Waals surface area (Å²) in [4.78, 5) is 46.4. The molecule has 4 heterocycles. The number of hydrogen-bond acceptors (Lipinski definition) is 4. The van der Waals surface area contributed by atoms with Crippen LogP contribution in [0.15, 0.2) is 34.7 Å². The molecule has 1 spiro atoms. The molecule has 0 bridgehead atoms. The van der Waals surface area contributed by atoms with Crippen LogP contribution in [0.5, 0.6) is 0 Å². The van der Waals surface area contributed by atoms with Crippen molar-refractivity contribution in [3.05, 3.63) is 58.5 Å². The molecule has 7 heteroatoms. The lowest BCUT2D eigenvalue weighted by molar-refractivity contribution is -0.141. The highest BCUT2D eigenvalue weighted by atomic mass is 16.3. The fourth-order valence-electron chi connectivity index (χ4n) is 6.04. The Kier molecular flexibility index (Phi) is 5.10. The Labute approximate surface area is 194 Å². The molecule has 0 saturated carbocycles. The van der Waals surface area contributed by atoms with Gasteiger partial charge in [0.2, 0.25) is 5.91 Å². The van der Waals surface area contributed by atoms with Gasteiger partial charge in [0.05, 0.1) is 17.0 Å². The Balaban J connectivity index is 1.57. The van der Waals surface area contributed by atoms with E-state index in [4.69, 9.17) is 4.42 Å². The Bertz CT molecular complexity index is 1120. The first-order valence-corrected chi connectivity index (χ1v) is 11.8. The quantitative estimate of drug-likeness (QED) is 0.720. The van der Waals surface area contributed by atoms with Gasteiger partial charge in [0, 0.05) is 37.8 Å². The number of fused-ring (bicyclic) bond motifs is 1. The number of benzene rings is 1. The van der Waals surface area contributed by atoms with Crippen LogP contribution >= 0.6 is 0 Å². The Morgan fingerprint density at radius 3 is 2.33 bits per heavy atom. The van der Waals surface area contributed by atoms with Crippen LogP contribution in [0.4, 0.5) is 0 Å². The van der Waals surface area contributed by atoms with E-state index in [-0.39, 0.29) is 23.8 Å². The van der Waals surface area contributed by atoms with Crippen LogP contribution < -0.4 is 0 Å². The van der Waals surface area contributed by atoms with Crippen molar-refractivity contribution in [1.82, 2.24) is 14.7 Å². The molecular formula is C26H31N3O4. The second-order valence-corrected chi connectivity index (χ2v) is 9.91. The number of likely N-dealkylation sites (tertiary alicyclic amines) is 2. The van der Waals surface area contributed by atoms with E-state index in [2.05, 4.69) is 0 Å². The van der Waals surface area contributed by atoms with E-state index in [1.807, 2.05) is 54.8 Å². The van der Waals surface area contributed by atoms with Gasteiger partial charge in [-0.15, -0.1) is 0 Å². The number of aryl methyl sites for hydroxylation is 2. The third-order valence-corrected chi connectivity index (χ3v) is 7.41. The lowest BCUT2D eigenvalue weighted by Gasteiger charge is -2.62. The topological polar surface area (TPSA) is 74.1 Å². The summed E-state index contributed by atoms with van der Waals surface area (Å²) in [6.45, 7) is 9.74. The van der Waals surface area contributed by atoms with Crippen molar-refractivity contribution >= 4 is 17.7 Å². The van der Waals surface area contributed by atoms with Crippen LogP contribution in [-0.4, -0.2) is 70.2 Å². The predicted octanol–water partition coefficient (Wildman–Crippen LogP) is 3.36. The van der Waals surface area contributed by atoms with Gasteiger partial charge >= 0.3 is 0 Å². The molecule has 3 aliphatic rings. The number of furan rings is 1. The largest absolute Gasteiger partial charge is 0.466 e. The summed E-state index contributed by atoms with van der Waals surface area (Å²) in [5, 5.41) is 0. The summed E-state index contributed by atoms with van der Waals surface area (Å²) in [5.74, 6) is 0.696. The second-order valence-electron chi connectivity index (χ2n) is 9.91. The summed E-state index contributed by atoms with van der Waals surface area (Å²) < 4.78 is 5.57. The summed E-state index contributed by atoms with van der Waals surface area (Å²) in [6.07, 6.45) is 2.01. The van der Waals surface area contributed by atoms with Gasteiger partial charge in [-0.3, -0.25) is 14.4 Å². The maximum Gasteiger partial charge on any atom is 0.257 e. The third kappa shape index (κ3) is 3.20. The first-order chi connectivity index (χ1) is 15.7. The van der Waals surface area contributed by atoms with Crippen LogP contribution in [0.3, 0.4) is 0 Å². The normalized spacial score (nSPS) is 21.5. The molecule has 5 rings (SSSR count). The van der Waals surface area contributed by atoms with E-state index < -0.39 is 11.5 Å². The van der Waals surface area contributed by atoms with Gasteiger partial charge in [0.25, 0.3) is 11.8 Å². The number of carbonyl (C=O) groups is 3. The van der Waals surface area contributed by atoms with Crippen LogP contribution in [0.2, 0.25) is 0 Å². The molecule has 1 aromatic carbocycles. The first kappa shape index (κ1) is 21.7. The minimum absolute atomic E-state index is 0.0616. The molecule has 1 unspecified atom stereocenters. The number of hydrogen-bond donors (Lipinski definition) is 0. The number of amides is 3. The molecule has 1 aromatic heterocycles. The Hall–Kier alpha value is -3.09. The molecule has 0 radical (unpaired) electrons. The third-order valence-electron chi connectivity index (χ3n) is 7.41. The maximum absolute atomic E-state index is 13.9. The van der Waals surface area contributed by atoms with Gasteiger partial charge in [-0.1, -0.05) is 18.2 Å². The zero-order chi connectivity index (χ0) is 23.5. The highest BCUT2D eigenvalue weighted by molar-refractivity contribution is 6.03. The fraction of sp³-hybridized carbons (Fsp3) is 0.500. The van der Waals surface area contributed by atoms with Crippen molar-refractivity contribution < 1.29 is 18.8 Å². The van der Waals surface area contributed by atoms with E-state index in [0.717, 1.165) is 31.5 Å². The lowest BCUT2D eigenvalue weighted by atomic mass is 9.67. The average Bonchev–Trinajstić information content (AvgIpc) is 3.40. The van der Waals surface area contributed by atoms with Gasteiger partial charge < -0.3 is 19.1 Å². The van der Waals surface area contributed by atoms with Crippen LogP contribution in [-0.2, 0) is 4.79 Å². The Morgan fingerprint density at radius 2 is 1.73 bits per heavy atom. The summed E-state index contributed by atoms with van der Waals surface area (Å²) in [5.41, 5.74) is 1.18. The SMILES string of the molecule is Cc1cc(C(=O)N2CC3(C2)C(C(=O)N2CCCC2)c2ccccc2C(=O)N3C(C)C)c(C)o1. The zero-order valence-corrected chi connectivity index (χ0v) is 19.8. The number of rotatable bonds is 3. The summed E-state index contributed by atoms with van der Waals surface area (Å²) >= 11 is 0. The smallest absolute Gasteiger partial charge is 0.257 e. The Morgan fingerprint density at radius 1 is 1.06 bits per heavy atom. The van der Waals surface area contributed by atoms with Crippen molar-refractivity contribution in [1.29, 1.82) is 0 Å². The van der Waals surface area contributed by atoms with Crippen molar-refractivity contribution in [3.63, 3.8) is 0 Å². The van der Waals surface area contributed by atoms with E-state index in [1.165, 1.54) is 0 Å². The standard InChI is InChI=1S/C26H31N3O4/c1-16(2)29-24(31)20-10-6-5-9-19(20)22(25(32)27-11-7-8-12-27)26(29)14-28(15-26)23(30)21-13-17(3)33-18(21)4/h5-6,9-10,13,16,22H,7-8,11-12,14-15H2,1-4H3. The average molecular weight is 450 g/mol. The van der Waals surface area contributed by atoms with Crippen molar-refractivity contribution in [2.45, 2.75) is 58.0 Å². The molecule has 33 heavy (non-hydrogen) atoms. The monoisotopic (exact) mass is 449 g/mol. The van der Waals surface area contributed by atoms with Crippen molar-refractivity contribution in [3.8, 4) is 0 Å². The highest BCUT2D eigenvalue weighted by Gasteiger charge is 2.63. The zero-order valence-electron chi connectivity index (χ0n) is 19.8. The fourth-order valence-corrected chi connectivity index (χ4v) is 6.04. The molecule has 174 valence electrons. The van der Waals surface area contributed by atoms with Gasteiger partial charge in [-0.2, -0.15) is 0 Å². The molecular weight excluding hydrogens is 418 g/mol. The summed E-state index contributed by atoms with van der Waals surface area (Å²) in [6, 6.07) is 9.15. The molecule has 2 fully saturated rings. The van der Waals surface area contributed by atoms with E-state index >= 15 is 0 Å². The molecule has 3 aliphatic heterocycles. The van der Waals surface area contributed by atoms with Gasteiger partial charge in [-0.05, 0) is 58.2 Å². The molecule has 2 saturated heterocycles. The molecule has 1 atom stereocenters. The molecule has 0 aliphatic carbocycles. The highest BCUT2D eigenvalue weighted by Crippen LogP contribution is 2.48. The van der Waals surface area contributed by atoms with Crippen molar-refractivity contribution in [2.75, 3.05) is 26.2 Å². The van der Waals surface area contributed by atoms with E-state index in [0.29, 0.717) is 35.7 Å². The summed E-state index contributed by atoms with van der Waals surface area (Å²) in [7, 11) is 0. The molecule has 0 N–H and O–H groups in total. The number of carbonyl (C=O) groups excluding carboxylic acids is 3. The van der Waals surface area contributed by atoms with Gasteiger partial charge in [0.1, 0.15) is 11.5 Å². The molecule has 2 aromatic rings. The van der Waals surface area contributed by atoms with Gasteiger partial charge in [-0.25, -0.2) is 0 Å². The first-order valence-electron chi connectivity index (χ1n) is 11.8. The molecule has 7 nitrogen and oxygen atoms in total. The molecule has 3 amide bonds. The van der Waals surface area contributed by atoms with E-state index in [9.17, 15) is 14.4 Å². The van der Waals surface area contributed by atoms with Crippen molar-refractivity contribution in [2.24, 2.45) is 0 Å². The minimum Gasteiger partial charge on any atom is -0.466 e. The number of nitrogens with zero attached hydrogens (tertiary/aromatic N) is 3.